The number of ether oxygens (including phenoxy) is 1. The molecule has 0 bridgehead atoms. The largest absolute Gasteiger partial charge is 0.461 e. The molecule has 3 aromatic heterocycles. The predicted molar refractivity (Wildman–Crippen MR) is 175 cm³/mol. The summed E-state index contributed by atoms with van der Waals surface area (Å²) in [5.74, 6) is 0.245. The number of rotatable bonds is 7. The van der Waals surface area contributed by atoms with Crippen molar-refractivity contribution < 1.29 is 14.3 Å². The second-order valence-corrected chi connectivity index (χ2v) is 13.0. The third kappa shape index (κ3) is 5.70. The molecule has 0 spiro atoms. The monoisotopic (exact) mass is 627 g/mol. The number of allylic oxidation sites excluding steroid dienone is 2. The summed E-state index contributed by atoms with van der Waals surface area (Å²) in [4.78, 5) is 47.7. The minimum atomic E-state index is -0.487. The van der Waals surface area contributed by atoms with E-state index in [2.05, 4.69) is 57.4 Å². The van der Waals surface area contributed by atoms with E-state index in [4.69, 9.17) is 4.74 Å². The summed E-state index contributed by atoms with van der Waals surface area (Å²) >= 11 is 0. The molecule has 6 rings (SSSR count). The Balaban J connectivity index is 1.38. The molecule has 0 saturated carbocycles. The van der Waals surface area contributed by atoms with Crippen LogP contribution < -0.4 is 10.9 Å². The fourth-order valence-electron chi connectivity index (χ4n) is 6.78. The van der Waals surface area contributed by atoms with Crippen molar-refractivity contribution >= 4 is 34.8 Å². The summed E-state index contributed by atoms with van der Waals surface area (Å²) in [6.45, 7) is 13.1. The lowest BCUT2D eigenvalue weighted by Crippen LogP contribution is -2.45. The first-order chi connectivity index (χ1) is 21.9. The highest BCUT2D eigenvalue weighted by molar-refractivity contribution is 6.16. The number of amidine groups is 1. The number of aromatic nitrogens is 5. The molecule has 0 aromatic carbocycles. The number of carbonyl (C=O) groups excluding carboxylic acids is 2. The molecule has 13 heteroatoms. The zero-order valence-electron chi connectivity index (χ0n) is 27.4. The maximum absolute atomic E-state index is 14.0. The van der Waals surface area contributed by atoms with E-state index < -0.39 is 5.97 Å². The lowest BCUT2D eigenvalue weighted by Gasteiger charge is -2.32. The molecular weight excluding hydrogens is 586 g/mol. The van der Waals surface area contributed by atoms with Gasteiger partial charge in [-0.05, 0) is 43.0 Å². The highest BCUT2D eigenvalue weighted by Crippen LogP contribution is 2.39. The van der Waals surface area contributed by atoms with Gasteiger partial charge in [-0.1, -0.05) is 26.5 Å². The van der Waals surface area contributed by atoms with Gasteiger partial charge in [0, 0.05) is 70.1 Å². The second-order valence-electron chi connectivity index (χ2n) is 13.0. The maximum Gasteiger partial charge on any atom is 0.302 e. The molecule has 3 aliphatic rings. The molecule has 0 radical (unpaired) electrons. The number of fused-ring (bicyclic) bond motifs is 4. The van der Waals surface area contributed by atoms with Crippen LogP contribution in [0.1, 0.15) is 53.9 Å². The molecule has 0 unspecified atom stereocenters. The quantitative estimate of drug-likeness (QED) is 0.183. The van der Waals surface area contributed by atoms with Gasteiger partial charge in [0.15, 0.2) is 5.82 Å². The molecule has 13 nitrogen and oxygen atoms in total. The first kappa shape index (κ1) is 31.2. The van der Waals surface area contributed by atoms with E-state index in [1.54, 1.807) is 31.1 Å². The number of carbonyl (C=O) groups is 2. The van der Waals surface area contributed by atoms with Gasteiger partial charge in [0.2, 0.25) is 0 Å². The van der Waals surface area contributed by atoms with E-state index in [-0.39, 0.29) is 29.2 Å². The average molecular weight is 628 g/mol. The normalized spacial score (nSPS) is 18.1. The molecule has 46 heavy (non-hydrogen) atoms. The van der Waals surface area contributed by atoms with Crippen LogP contribution in [0.15, 0.2) is 46.2 Å². The highest BCUT2D eigenvalue weighted by atomic mass is 16.5. The summed E-state index contributed by atoms with van der Waals surface area (Å²) in [5.41, 5.74) is 5.53. The van der Waals surface area contributed by atoms with Gasteiger partial charge in [0.05, 0.1) is 17.9 Å². The summed E-state index contributed by atoms with van der Waals surface area (Å²) in [6.07, 6.45) is 3.44. The second kappa shape index (κ2) is 11.9. The lowest BCUT2D eigenvalue weighted by atomic mass is 9.90. The van der Waals surface area contributed by atoms with Gasteiger partial charge in [-0.25, -0.2) is 4.68 Å². The van der Waals surface area contributed by atoms with Crippen molar-refractivity contribution in [2.75, 3.05) is 39.1 Å². The fraction of sp³-hybridized carbons (Fsp3) is 0.455. The third-order valence-electron chi connectivity index (χ3n) is 8.90. The molecule has 0 saturated heterocycles. The van der Waals surface area contributed by atoms with Gasteiger partial charge in [-0.2, -0.15) is 10.2 Å². The van der Waals surface area contributed by atoms with E-state index in [1.165, 1.54) is 22.9 Å². The van der Waals surface area contributed by atoms with E-state index in [0.29, 0.717) is 47.3 Å². The number of aryl methyl sites for hydroxylation is 1. The van der Waals surface area contributed by atoms with Crippen molar-refractivity contribution in [3.63, 3.8) is 0 Å². The molecule has 0 fully saturated rings. The number of nitrogens with zero attached hydrogens (tertiary/aromatic N) is 8. The zero-order valence-corrected chi connectivity index (χ0v) is 27.4. The van der Waals surface area contributed by atoms with Gasteiger partial charge < -0.3 is 14.6 Å². The number of likely N-dealkylation sites (N-methyl/N-ethyl adjacent to an activating group) is 1. The van der Waals surface area contributed by atoms with E-state index >= 15 is 0 Å². The van der Waals surface area contributed by atoms with Crippen LogP contribution in [0.2, 0.25) is 0 Å². The molecule has 242 valence electrons. The number of aliphatic imine (C=N–C) groups is 1. The summed E-state index contributed by atoms with van der Waals surface area (Å²) in [7, 11) is 5.22. The Morgan fingerprint density at radius 1 is 1.11 bits per heavy atom. The first-order valence-corrected chi connectivity index (χ1v) is 15.5. The first-order valence-electron chi connectivity index (χ1n) is 15.5. The molecule has 2 aliphatic heterocycles. The summed E-state index contributed by atoms with van der Waals surface area (Å²) in [5, 5.41) is 12.4. The zero-order chi connectivity index (χ0) is 32.9. The minimum Gasteiger partial charge on any atom is -0.461 e. The Hall–Kier alpha value is -4.78. The van der Waals surface area contributed by atoms with E-state index in [0.717, 1.165) is 38.2 Å². The van der Waals surface area contributed by atoms with Crippen LogP contribution in [0.4, 0.5) is 11.5 Å². The van der Waals surface area contributed by atoms with Crippen LogP contribution in [0, 0.1) is 5.41 Å². The van der Waals surface area contributed by atoms with Gasteiger partial charge in [0.25, 0.3) is 11.5 Å². The smallest absolute Gasteiger partial charge is 0.302 e. The molecule has 1 amide bonds. The topological polar surface area (TPSA) is 132 Å². The molecule has 5 heterocycles. The number of anilines is 2. The number of hydrogen-bond acceptors (Lipinski definition) is 9. The summed E-state index contributed by atoms with van der Waals surface area (Å²) in [6, 6.07) is 5.57. The van der Waals surface area contributed by atoms with Crippen molar-refractivity contribution in [1.29, 1.82) is 0 Å². The number of esters is 1. The molecule has 3 aromatic rings. The van der Waals surface area contributed by atoms with Crippen molar-refractivity contribution in [2.45, 2.75) is 53.2 Å². The maximum atomic E-state index is 14.0. The Bertz CT molecular complexity index is 1870. The van der Waals surface area contributed by atoms with E-state index in [1.807, 2.05) is 16.8 Å². The van der Waals surface area contributed by atoms with Crippen LogP contribution in [0.5, 0.6) is 0 Å². The van der Waals surface area contributed by atoms with Crippen molar-refractivity contribution in [2.24, 2.45) is 17.5 Å². The third-order valence-corrected chi connectivity index (χ3v) is 8.90. The number of amides is 1. The predicted octanol–water partition coefficient (Wildman–Crippen LogP) is 2.78. The molecule has 0 atom stereocenters. The minimum absolute atomic E-state index is 0.173. The number of nitrogens with one attached hydrogen (secondary N) is 1. The van der Waals surface area contributed by atoms with Gasteiger partial charge in [-0.15, -0.1) is 0 Å². The summed E-state index contributed by atoms with van der Waals surface area (Å²) < 4.78 is 10.8. The molecule has 1 aliphatic carbocycles. The van der Waals surface area contributed by atoms with Crippen LogP contribution in [-0.2, 0) is 49.1 Å². The van der Waals surface area contributed by atoms with Crippen LogP contribution >= 0.6 is 0 Å². The Labute approximate surface area is 267 Å². The Kier molecular flexibility index (Phi) is 8.05. The van der Waals surface area contributed by atoms with Gasteiger partial charge in [-0.3, -0.25) is 33.9 Å². The van der Waals surface area contributed by atoms with Crippen LogP contribution in [0.25, 0.3) is 5.57 Å². The van der Waals surface area contributed by atoms with Crippen molar-refractivity contribution in [3.8, 4) is 0 Å². The Morgan fingerprint density at radius 3 is 2.61 bits per heavy atom. The van der Waals surface area contributed by atoms with Gasteiger partial charge >= 0.3 is 5.97 Å². The van der Waals surface area contributed by atoms with Crippen molar-refractivity contribution in [1.82, 2.24) is 33.9 Å². The lowest BCUT2D eigenvalue weighted by molar-refractivity contribution is -0.139. The standard InChI is InChI=1S/C33H41N9O4/c1-8-23(25-15-26(31(44)39(7)36-25)35-29-14-22-18-38(6)9-12-42(22)37-29)24(19-46-20(2)43)30(34-5)41-11-10-40-27(32(41)45)13-21-16-33(3,4)17-28(21)40/h8,13-15H,1,9-12,16-19H2,2-7H3,(H,35,37)/b24-23+,34-30?. The van der Waals surface area contributed by atoms with Gasteiger partial charge in [0.1, 0.15) is 23.8 Å². The highest BCUT2D eigenvalue weighted by Gasteiger charge is 2.38. The number of hydrogen-bond donors (Lipinski definition) is 1. The van der Waals surface area contributed by atoms with Crippen LogP contribution in [0.3, 0.4) is 0 Å². The Morgan fingerprint density at radius 2 is 1.89 bits per heavy atom. The fourth-order valence-corrected chi connectivity index (χ4v) is 6.78. The molecular formula is C33H41N9O4. The van der Waals surface area contributed by atoms with Crippen molar-refractivity contribution in [3.05, 3.63) is 75.1 Å². The SMILES string of the molecule is C=C/C(=C(/COC(C)=O)C(=NC)N1CCn2c(cc3c2CC(C)(C)C3)C1=O)c1cc(Nc2cc3n(n2)CCN(C)C3)c(=O)n(C)n1. The average Bonchev–Trinajstić information content (AvgIpc) is 3.64. The molecule has 1 N–H and O–H groups in total. The van der Waals surface area contributed by atoms with Crippen LogP contribution in [-0.4, -0.2) is 85.4 Å². The van der Waals surface area contributed by atoms with E-state index in [9.17, 15) is 14.4 Å².